The third-order valence-electron chi connectivity index (χ3n) is 3.09. The molecule has 5 heteroatoms. The SMILES string of the molecule is O=C1CCC(N2CCCC(Br)C2=O)CN1. The average molecular weight is 275 g/mol. The van der Waals surface area contributed by atoms with Crippen molar-refractivity contribution in [2.24, 2.45) is 0 Å². The molecule has 84 valence electrons. The van der Waals surface area contributed by atoms with Gasteiger partial charge >= 0.3 is 0 Å². The van der Waals surface area contributed by atoms with E-state index in [9.17, 15) is 9.59 Å². The lowest BCUT2D eigenvalue weighted by atomic mass is 10.0. The van der Waals surface area contributed by atoms with E-state index in [0.29, 0.717) is 13.0 Å². The van der Waals surface area contributed by atoms with Crippen LogP contribution in [0.3, 0.4) is 0 Å². The highest BCUT2D eigenvalue weighted by Crippen LogP contribution is 2.22. The van der Waals surface area contributed by atoms with Crippen LogP contribution in [-0.4, -0.2) is 40.7 Å². The minimum atomic E-state index is -0.0242. The summed E-state index contributed by atoms with van der Waals surface area (Å²) in [6, 6.07) is 0.204. The van der Waals surface area contributed by atoms with Crippen molar-refractivity contribution < 1.29 is 9.59 Å². The molecule has 2 heterocycles. The largest absolute Gasteiger partial charge is 0.354 e. The Kier molecular flexibility index (Phi) is 3.29. The van der Waals surface area contributed by atoms with Gasteiger partial charge in [-0.2, -0.15) is 0 Å². The van der Waals surface area contributed by atoms with Crippen molar-refractivity contribution in [3.05, 3.63) is 0 Å². The highest BCUT2D eigenvalue weighted by atomic mass is 79.9. The average Bonchev–Trinajstić information content (AvgIpc) is 2.24. The zero-order valence-corrected chi connectivity index (χ0v) is 10.1. The standard InChI is InChI=1S/C10H15BrN2O2/c11-8-2-1-5-13(10(8)15)7-3-4-9(14)12-6-7/h7-8H,1-6H2,(H,12,14). The molecule has 2 unspecified atom stereocenters. The van der Waals surface area contributed by atoms with E-state index in [1.54, 1.807) is 0 Å². The van der Waals surface area contributed by atoms with Crippen LogP contribution in [0, 0.1) is 0 Å². The number of nitrogens with one attached hydrogen (secondary N) is 1. The van der Waals surface area contributed by atoms with Gasteiger partial charge < -0.3 is 10.2 Å². The molecular weight excluding hydrogens is 260 g/mol. The molecule has 0 aromatic carbocycles. The highest BCUT2D eigenvalue weighted by molar-refractivity contribution is 9.10. The van der Waals surface area contributed by atoms with Gasteiger partial charge in [-0.1, -0.05) is 15.9 Å². The number of alkyl halides is 1. The van der Waals surface area contributed by atoms with Crippen LogP contribution in [-0.2, 0) is 9.59 Å². The van der Waals surface area contributed by atoms with Crippen molar-refractivity contribution in [2.75, 3.05) is 13.1 Å². The van der Waals surface area contributed by atoms with Gasteiger partial charge in [0, 0.05) is 25.6 Å². The first-order chi connectivity index (χ1) is 7.18. The normalized spacial score (nSPS) is 32.7. The number of amides is 2. The summed E-state index contributed by atoms with van der Waals surface area (Å²) in [4.78, 5) is 24.8. The van der Waals surface area contributed by atoms with Gasteiger partial charge in [0.25, 0.3) is 0 Å². The maximum absolute atomic E-state index is 11.9. The molecule has 0 aromatic heterocycles. The first kappa shape index (κ1) is 10.9. The second-order valence-corrected chi connectivity index (χ2v) is 5.24. The van der Waals surface area contributed by atoms with Crippen LogP contribution < -0.4 is 5.32 Å². The van der Waals surface area contributed by atoms with Gasteiger partial charge in [-0.05, 0) is 19.3 Å². The molecule has 2 aliphatic heterocycles. The van der Waals surface area contributed by atoms with E-state index in [4.69, 9.17) is 0 Å². The zero-order chi connectivity index (χ0) is 10.8. The number of likely N-dealkylation sites (tertiary alicyclic amines) is 1. The van der Waals surface area contributed by atoms with Crippen molar-refractivity contribution in [2.45, 2.75) is 36.6 Å². The lowest BCUT2D eigenvalue weighted by Gasteiger charge is -2.38. The fourth-order valence-electron chi connectivity index (χ4n) is 2.20. The molecule has 2 aliphatic rings. The van der Waals surface area contributed by atoms with Crippen LogP contribution in [0.2, 0.25) is 0 Å². The molecule has 0 spiro atoms. The van der Waals surface area contributed by atoms with E-state index in [1.165, 1.54) is 0 Å². The van der Waals surface area contributed by atoms with E-state index in [2.05, 4.69) is 21.2 Å². The molecule has 2 amide bonds. The van der Waals surface area contributed by atoms with Gasteiger partial charge in [-0.15, -0.1) is 0 Å². The quantitative estimate of drug-likeness (QED) is 0.714. The number of hydrogen-bond acceptors (Lipinski definition) is 2. The molecule has 1 N–H and O–H groups in total. The number of hydrogen-bond donors (Lipinski definition) is 1. The molecule has 0 bridgehead atoms. The predicted molar refractivity (Wildman–Crippen MR) is 59.7 cm³/mol. The second kappa shape index (κ2) is 4.51. The van der Waals surface area contributed by atoms with Crippen LogP contribution in [0.25, 0.3) is 0 Å². The first-order valence-corrected chi connectivity index (χ1v) is 6.31. The Balaban J connectivity index is 1.97. The summed E-state index contributed by atoms with van der Waals surface area (Å²) in [5, 5.41) is 2.82. The number of carbonyl (C=O) groups is 2. The Morgan fingerprint density at radius 2 is 2.13 bits per heavy atom. The molecular formula is C10H15BrN2O2. The fraction of sp³-hybridized carbons (Fsp3) is 0.800. The lowest BCUT2D eigenvalue weighted by molar-refractivity contribution is -0.137. The number of halogens is 1. The van der Waals surface area contributed by atoms with Crippen LogP contribution in [0.4, 0.5) is 0 Å². The van der Waals surface area contributed by atoms with Gasteiger partial charge in [0.1, 0.15) is 0 Å². The van der Waals surface area contributed by atoms with Crippen molar-refractivity contribution in [1.82, 2.24) is 10.2 Å². The fourth-order valence-corrected chi connectivity index (χ4v) is 2.79. The Morgan fingerprint density at radius 3 is 2.80 bits per heavy atom. The zero-order valence-electron chi connectivity index (χ0n) is 8.54. The van der Waals surface area contributed by atoms with Gasteiger partial charge in [0.05, 0.1) is 4.83 Å². The van der Waals surface area contributed by atoms with Crippen LogP contribution in [0.1, 0.15) is 25.7 Å². The van der Waals surface area contributed by atoms with Crippen LogP contribution in [0.5, 0.6) is 0 Å². The maximum atomic E-state index is 11.9. The van der Waals surface area contributed by atoms with Crippen molar-refractivity contribution >= 4 is 27.7 Å². The summed E-state index contributed by atoms with van der Waals surface area (Å²) in [5.41, 5.74) is 0. The monoisotopic (exact) mass is 274 g/mol. The van der Waals surface area contributed by atoms with E-state index in [-0.39, 0.29) is 22.7 Å². The Bertz CT molecular complexity index is 273. The van der Waals surface area contributed by atoms with Gasteiger partial charge in [0.2, 0.25) is 11.8 Å². The van der Waals surface area contributed by atoms with E-state index in [0.717, 1.165) is 25.8 Å². The summed E-state index contributed by atoms with van der Waals surface area (Å²) in [6.07, 6.45) is 3.32. The Labute approximate surface area is 97.5 Å². The van der Waals surface area contributed by atoms with Crippen LogP contribution in [0.15, 0.2) is 0 Å². The molecule has 2 saturated heterocycles. The maximum Gasteiger partial charge on any atom is 0.236 e. The van der Waals surface area contributed by atoms with Crippen molar-refractivity contribution in [1.29, 1.82) is 0 Å². The first-order valence-electron chi connectivity index (χ1n) is 5.40. The highest BCUT2D eigenvalue weighted by Gasteiger charge is 2.33. The molecule has 0 saturated carbocycles. The van der Waals surface area contributed by atoms with E-state index in [1.807, 2.05) is 4.90 Å². The number of piperidine rings is 2. The third-order valence-corrected chi connectivity index (χ3v) is 3.94. The molecule has 4 nitrogen and oxygen atoms in total. The van der Waals surface area contributed by atoms with Gasteiger partial charge in [0.15, 0.2) is 0 Å². The Morgan fingerprint density at radius 1 is 1.33 bits per heavy atom. The molecule has 0 aromatic rings. The third kappa shape index (κ3) is 2.33. The topological polar surface area (TPSA) is 49.4 Å². The minimum absolute atomic E-state index is 0.0242. The van der Waals surface area contributed by atoms with Crippen molar-refractivity contribution in [3.63, 3.8) is 0 Å². The molecule has 0 aliphatic carbocycles. The minimum Gasteiger partial charge on any atom is -0.354 e. The van der Waals surface area contributed by atoms with Crippen LogP contribution >= 0.6 is 15.9 Å². The summed E-state index contributed by atoms with van der Waals surface area (Å²) >= 11 is 3.39. The van der Waals surface area contributed by atoms with Gasteiger partial charge in [-0.25, -0.2) is 0 Å². The second-order valence-electron chi connectivity index (χ2n) is 4.14. The Hall–Kier alpha value is -0.580. The molecule has 15 heavy (non-hydrogen) atoms. The molecule has 2 rings (SSSR count). The molecule has 2 fully saturated rings. The predicted octanol–water partition coefficient (Wildman–Crippen LogP) is 0.651. The van der Waals surface area contributed by atoms with E-state index < -0.39 is 0 Å². The van der Waals surface area contributed by atoms with Crippen molar-refractivity contribution in [3.8, 4) is 0 Å². The summed E-state index contributed by atoms with van der Waals surface area (Å²) in [5.74, 6) is 0.286. The number of carbonyl (C=O) groups excluding carboxylic acids is 2. The van der Waals surface area contributed by atoms with E-state index >= 15 is 0 Å². The number of rotatable bonds is 1. The summed E-state index contributed by atoms with van der Waals surface area (Å²) in [7, 11) is 0. The van der Waals surface area contributed by atoms with Gasteiger partial charge in [-0.3, -0.25) is 9.59 Å². The number of nitrogens with zero attached hydrogens (tertiary/aromatic N) is 1. The summed E-state index contributed by atoms with van der Waals surface area (Å²) < 4.78 is 0. The molecule has 0 radical (unpaired) electrons. The smallest absolute Gasteiger partial charge is 0.236 e. The lowest BCUT2D eigenvalue weighted by Crippen LogP contribution is -2.54. The summed E-state index contributed by atoms with van der Waals surface area (Å²) in [6.45, 7) is 1.45. The molecule has 2 atom stereocenters.